The van der Waals surface area contributed by atoms with E-state index < -0.39 is 0 Å². The molecule has 0 saturated heterocycles. The molecule has 3 heteroatoms. The first kappa shape index (κ1) is 11.1. The quantitative estimate of drug-likeness (QED) is 0.849. The maximum absolute atomic E-state index is 4.57. The van der Waals surface area contributed by atoms with Crippen LogP contribution in [0, 0.1) is 0 Å². The van der Waals surface area contributed by atoms with E-state index in [9.17, 15) is 0 Å². The lowest BCUT2D eigenvalue weighted by Gasteiger charge is -2.18. The van der Waals surface area contributed by atoms with E-state index in [-0.39, 0.29) is 0 Å². The summed E-state index contributed by atoms with van der Waals surface area (Å²) in [6.45, 7) is 4.17. The second-order valence-corrected chi connectivity index (χ2v) is 5.43. The lowest BCUT2D eigenvalue weighted by molar-refractivity contribution is 0.442. The fourth-order valence-corrected chi connectivity index (χ4v) is 3.25. The highest BCUT2D eigenvalue weighted by molar-refractivity contribution is 7.11. The predicted octanol–water partition coefficient (Wildman–Crippen LogP) is 3.30. The van der Waals surface area contributed by atoms with Crippen molar-refractivity contribution in [3.05, 3.63) is 16.1 Å². The monoisotopic (exact) mass is 224 g/mol. The molecule has 0 unspecified atom stereocenters. The van der Waals surface area contributed by atoms with Crippen molar-refractivity contribution in [3.63, 3.8) is 0 Å². The first-order chi connectivity index (χ1) is 7.40. The van der Waals surface area contributed by atoms with Gasteiger partial charge in [0.1, 0.15) is 0 Å². The summed E-state index contributed by atoms with van der Waals surface area (Å²) in [5.41, 5.74) is 0. The standard InChI is InChI=1S/C12H20N2S/c1-2-13-8-11-9-14-12(15-11)10-6-4-3-5-7-10/h9-10,13H,2-8H2,1H3. The zero-order chi connectivity index (χ0) is 10.5. The van der Waals surface area contributed by atoms with Gasteiger partial charge in [-0.05, 0) is 19.4 Å². The Balaban J connectivity index is 1.93. The third kappa shape index (κ3) is 3.02. The summed E-state index contributed by atoms with van der Waals surface area (Å²) in [4.78, 5) is 5.96. The van der Waals surface area contributed by atoms with Crippen LogP contribution in [0.1, 0.15) is 54.8 Å². The Morgan fingerprint density at radius 1 is 1.40 bits per heavy atom. The van der Waals surface area contributed by atoms with Gasteiger partial charge in [-0.15, -0.1) is 11.3 Å². The van der Waals surface area contributed by atoms with Gasteiger partial charge < -0.3 is 5.32 Å². The highest BCUT2D eigenvalue weighted by Crippen LogP contribution is 2.34. The third-order valence-corrected chi connectivity index (χ3v) is 4.23. The van der Waals surface area contributed by atoms with Gasteiger partial charge in [-0.1, -0.05) is 26.2 Å². The molecule has 0 spiro atoms. The minimum Gasteiger partial charge on any atom is -0.312 e. The molecule has 0 bridgehead atoms. The number of thiazole rings is 1. The molecular weight excluding hydrogens is 204 g/mol. The molecule has 1 heterocycles. The summed E-state index contributed by atoms with van der Waals surface area (Å²) >= 11 is 1.91. The molecule has 1 saturated carbocycles. The van der Waals surface area contributed by atoms with Crippen LogP contribution in [0.15, 0.2) is 6.20 Å². The summed E-state index contributed by atoms with van der Waals surface area (Å²) < 4.78 is 0. The van der Waals surface area contributed by atoms with E-state index in [1.807, 2.05) is 11.3 Å². The van der Waals surface area contributed by atoms with Crippen molar-refractivity contribution in [2.75, 3.05) is 6.54 Å². The van der Waals surface area contributed by atoms with E-state index in [1.54, 1.807) is 0 Å². The lowest BCUT2D eigenvalue weighted by Crippen LogP contribution is -2.10. The van der Waals surface area contributed by atoms with Gasteiger partial charge in [0.2, 0.25) is 0 Å². The number of hydrogen-bond donors (Lipinski definition) is 1. The number of nitrogens with one attached hydrogen (secondary N) is 1. The molecule has 0 amide bonds. The molecule has 1 aromatic rings. The van der Waals surface area contributed by atoms with Gasteiger partial charge in [0.05, 0.1) is 5.01 Å². The van der Waals surface area contributed by atoms with Crippen molar-refractivity contribution < 1.29 is 0 Å². The highest BCUT2D eigenvalue weighted by Gasteiger charge is 2.18. The summed E-state index contributed by atoms with van der Waals surface area (Å²) in [6, 6.07) is 0. The molecule has 84 valence electrons. The maximum atomic E-state index is 4.57. The van der Waals surface area contributed by atoms with Crippen LogP contribution < -0.4 is 5.32 Å². The van der Waals surface area contributed by atoms with Crippen molar-refractivity contribution in [1.29, 1.82) is 0 Å². The summed E-state index contributed by atoms with van der Waals surface area (Å²) in [5, 5.41) is 4.73. The minimum atomic E-state index is 0.763. The van der Waals surface area contributed by atoms with Crippen LogP contribution >= 0.6 is 11.3 Å². The molecule has 2 nitrogen and oxygen atoms in total. The number of hydrogen-bond acceptors (Lipinski definition) is 3. The Morgan fingerprint density at radius 2 is 2.20 bits per heavy atom. The van der Waals surface area contributed by atoms with E-state index in [2.05, 4.69) is 23.4 Å². The van der Waals surface area contributed by atoms with Gasteiger partial charge in [-0.2, -0.15) is 0 Å². The van der Waals surface area contributed by atoms with Crippen molar-refractivity contribution in [3.8, 4) is 0 Å². The van der Waals surface area contributed by atoms with E-state index >= 15 is 0 Å². The third-order valence-electron chi connectivity index (χ3n) is 3.08. The molecule has 0 aromatic carbocycles. The van der Waals surface area contributed by atoms with Crippen molar-refractivity contribution in [2.45, 2.75) is 51.5 Å². The van der Waals surface area contributed by atoms with Gasteiger partial charge >= 0.3 is 0 Å². The van der Waals surface area contributed by atoms with Gasteiger partial charge in [0, 0.05) is 23.5 Å². The summed E-state index contributed by atoms with van der Waals surface area (Å²) in [5.74, 6) is 0.763. The number of nitrogens with zero attached hydrogens (tertiary/aromatic N) is 1. The molecular formula is C12H20N2S. The van der Waals surface area contributed by atoms with Gasteiger partial charge in [-0.3, -0.25) is 0 Å². The molecule has 1 fully saturated rings. The normalized spacial score (nSPS) is 18.2. The molecule has 0 aliphatic heterocycles. The topological polar surface area (TPSA) is 24.9 Å². The van der Waals surface area contributed by atoms with E-state index in [0.29, 0.717) is 0 Å². The van der Waals surface area contributed by atoms with Crippen LogP contribution in [-0.4, -0.2) is 11.5 Å². The van der Waals surface area contributed by atoms with Crippen molar-refractivity contribution in [1.82, 2.24) is 10.3 Å². The summed E-state index contributed by atoms with van der Waals surface area (Å²) in [7, 11) is 0. The summed E-state index contributed by atoms with van der Waals surface area (Å²) in [6.07, 6.45) is 8.98. The van der Waals surface area contributed by atoms with Crippen molar-refractivity contribution in [2.24, 2.45) is 0 Å². The zero-order valence-corrected chi connectivity index (χ0v) is 10.3. The molecule has 1 aliphatic carbocycles. The average molecular weight is 224 g/mol. The van der Waals surface area contributed by atoms with Crippen LogP contribution in [-0.2, 0) is 6.54 Å². The number of rotatable bonds is 4. The largest absolute Gasteiger partial charge is 0.312 e. The van der Waals surface area contributed by atoms with Crippen LogP contribution in [0.3, 0.4) is 0 Å². The minimum absolute atomic E-state index is 0.763. The molecule has 1 N–H and O–H groups in total. The van der Waals surface area contributed by atoms with E-state index in [1.165, 1.54) is 42.0 Å². The smallest absolute Gasteiger partial charge is 0.0959 e. The zero-order valence-electron chi connectivity index (χ0n) is 9.46. The molecule has 1 aromatic heterocycles. The molecule has 0 radical (unpaired) electrons. The highest BCUT2D eigenvalue weighted by atomic mass is 32.1. The van der Waals surface area contributed by atoms with Gasteiger partial charge in [0.15, 0.2) is 0 Å². The Morgan fingerprint density at radius 3 is 2.93 bits per heavy atom. The maximum Gasteiger partial charge on any atom is 0.0959 e. The second-order valence-electron chi connectivity index (χ2n) is 4.28. The van der Waals surface area contributed by atoms with Gasteiger partial charge in [-0.25, -0.2) is 4.98 Å². The number of aromatic nitrogens is 1. The van der Waals surface area contributed by atoms with E-state index in [4.69, 9.17) is 0 Å². The van der Waals surface area contributed by atoms with Gasteiger partial charge in [0.25, 0.3) is 0 Å². The van der Waals surface area contributed by atoms with Crippen molar-refractivity contribution >= 4 is 11.3 Å². The average Bonchev–Trinajstić information content (AvgIpc) is 2.76. The Kier molecular flexibility index (Phi) is 4.15. The Bertz CT molecular complexity index is 290. The molecule has 15 heavy (non-hydrogen) atoms. The fraction of sp³-hybridized carbons (Fsp3) is 0.750. The van der Waals surface area contributed by atoms with E-state index in [0.717, 1.165) is 19.0 Å². The second kappa shape index (κ2) is 5.61. The SMILES string of the molecule is CCNCc1cnc(C2CCCCC2)s1. The predicted molar refractivity (Wildman–Crippen MR) is 65.3 cm³/mol. The molecule has 1 aliphatic rings. The Hall–Kier alpha value is -0.410. The van der Waals surface area contributed by atoms with Crippen LogP contribution in [0.5, 0.6) is 0 Å². The van der Waals surface area contributed by atoms with Crippen LogP contribution in [0.4, 0.5) is 0 Å². The molecule has 0 atom stereocenters. The lowest BCUT2D eigenvalue weighted by atomic mass is 9.90. The van der Waals surface area contributed by atoms with Crippen LogP contribution in [0.2, 0.25) is 0 Å². The van der Waals surface area contributed by atoms with Crippen LogP contribution in [0.25, 0.3) is 0 Å². The fourth-order valence-electron chi connectivity index (χ4n) is 2.19. The first-order valence-corrected chi connectivity index (χ1v) is 6.87. The molecule has 2 rings (SSSR count). The Labute approximate surface area is 96.1 Å². The first-order valence-electron chi connectivity index (χ1n) is 6.05.